The molecule has 6 heteroatoms. The fraction of sp³-hybridized carbons (Fsp3) is 0.381. The SMILES string of the molecule is Cc1ccc(C)c(NC(=O)CCN(c2ccccc2C(C)C)S(C)(=O)=O)c1. The van der Waals surface area contributed by atoms with Crippen molar-refractivity contribution in [3.05, 3.63) is 59.2 Å². The number of nitrogens with zero attached hydrogens (tertiary/aromatic N) is 1. The van der Waals surface area contributed by atoms with Crippen LogP contribution in [-0.4, -0.2) is 27.1 Å². The Kier molecular flexibility index (Phi) is 6.65. The van der Waals surface area contributed by atoms with Crippen LogP contribution in [0.2, 0.25) is 0 Å². The predicted molar refractivity (Wildman–Crippen MR) is 112 cm³/mol. The minimum atomic E-state index is -3.50. The van der Waals surface area contributed by atoms with Gasteiger partial charge in [-0.1, -0.05) is 44.2 Å². The van der Waals surface area contributed by atoms with Crippen molar-refractivity contribution in [3.8, 4) is 0 Å². The fourth-order valence-electron chi connectivity index (χ4n) is 2.95. The average Bonchev–Trinajstić information content (AvgIpc) is 2.57. The van der Waals surface area contributed by atoms with Crippen LogP contribution >= 0.6 is 0 Å². The Morgan fingerprint density at radius 1 is 1.11 bits per heavy atom. The predicted octanol–water partition coefficient (Wildman–Crippen LogP) is 4.22. The molecule has 27 heavy (non-hydrogen) atoms. The molecule has 0 fully saturated rings. The summed E-state index contributed by atoms with van der Waals surface area (Å²) in [5.74, 6) is -0.0337. The Labute approximate surface area is 162 Å². The maximum atomic E-state index is 12.4. The van der Waals surface area contributed by atoms with Crippen molar-refractivity contribution in [3.63, 3.8) is 0 Å². The van der Waals surface area contributed by atoms with E-state index in [9.17, 15) is 13.2 Å². The number of anilines is 2. The van der Waals surface area contributed by atoms with E-state index >= 15 is 0 Å². The number of nitrogens with one attached hydrogen (secondary N) is 1. The molecule has 0 unspecified atom stereocenters. The number of carbonyl (C=O) groups is 1. The molecule has 0 aromatic heterocycles. The zero-order chi connectivity index (χ0) is 20.2. The van der Waals surface area contributed by atoms with E-state index < -0.39 is 10.0 Å². The summed E-state index contributed by atoms with van der Waals surface area (Å²) in [7, 11) is -3.50. The van der Waals surface area contributed by atoms with Gasteiger partial charge in [0.05, 0.1) is 11.9 Å². The van der Waals surface area contributed by atoms with E-state index in [0.717, 1.165) is 22.4 Å². The van der Waals surface area contributed by atoms with Gasteiger partial charge in [-0.3, -0.25) is 9.10 Å². The molecule has 0 radical (unpaired) electrons. The first kappa shape index (κ1) is 21.0. The van der Waals surface area contributed by atoms with Crippen molar-refractivity contribution >= 4 is 27.3 Å². The summed E-state index contributed by atoms with van der Waals surface area (Å²) < 4.78 is 26.1. The lowest BCUT2D eigenvalue weighted by atomic mass is 10.0. The molecule has 0 aliphatic rings. The standard InChI is InChI=1S/C21H28N2O3S/c1-15(2)18-8-6-7-9-20(18)23(27(5,25)26)13-12-21(24)22-19-14-16(3)10-11-17(19)4/h6-11,14-15H,12-13H2,1-5H3,(H,22,24). The van der Waals surface area contributed by atoms with Gasteiger partial charge < -0.3 is 5.32 Å². The summed E-state index contributed by atoms with van der Waals surface area (Å²) in [6.45, 7) is 8.03. The van der Waals surface area contributed by atoms with Crippen LogP contribution in [0, 0.1) is 13.8 Å². The molecule has 0 aliphatic carbocycles. The summed E-state index contributed by atoms with van der Waals surface area (Å²) >= 11 is 0. The van der Waals surface area contributed by atoms with Crippen LogP contribution in [0.25, 0.3) is 0 Å². The number of carbonyl (C=O) groups excluding carboxylic acids is 1. The minimum Gasteiger partial charge on any atom is -0.326 e. The molecule has 5 nitrogen and oxygen atoms in total. The van der Waals surface area contributed by atoms with Crippen molar-refractivity contribution in [2.24, 2.45) is 0 Å². The summed E-state index contributed by atoms with van der Waals surface area (Å²) in [5.41, 5.74) is 4.36. The highest BCUT2D eigenvalue weighted by Crippen LogP contribution is 2.29. The zero-order valence-electron chi connectivity index (χ0n) is 16.6. The third-order valence-electron chi connectivity index (χ3n) is 4.44. The van der Waals surface area contributed by atoms with E-state index in [1.165, 1.54) is 10.6 Å². The second kappa shape index (κ2) is 8.57. The zero-order valence-corrected chi connectivity index (χ0v) is 17.4. The highest BCUT2D eigenvalue weighted by atomic mass is 32.2. The molecule has 0 heterocycles. The Morgan fingerprint density at radius 3 is 2.41 bits per heavy atom. The molecular weight excluding hydrogens is 360 g/mol. The van der Waals surface area contributed by atoms with Crippen molar-refractivity contribution in [2.75, 3.05) is 22.4 Å². The third-order valence-corrected chi connectivity index (χ3v) is 5.62. The molecule has 2 aromatic rings. The van der Waals surface area contributed by atoms with Gasteiger partial charge in [-0.25, -0.2) is 8.42 Å². The van der Waals surface area contributed by atoms with Crippen molar-refractivity contribution in [1.82, 2.24) is 0 Å². The number of amides is 1. The molecule has 2 rings (SSSR count). The van der Waals surface area contributed by atoms with Gasteiger partial charge in [-0.2, -0.15) is 0 Å². The van der Waals surface area contributed by atoms with E-state index in [1.54, 1.807) is 6.07 Å². The van der Waals surface area contributed by atoms with E-state index in [-0.39, 0.29) is 24.8 Å². The number of hydrogen-bond donors (Lipinski definition) is 1. The molecule has 1 amide bonds. The quantitative estimate of drug-likeness (QED) is 0.772. The molecule has 0 saturated heterocycles. The van der Waals surface area contributed by atoms with Crippen LogP contribution in [0.3, 0.4) is 0 Å². The number of benzene rings is 2. The van der Waals surface area contributed by atoms with Crippen LogP contribution in [0.15, 0.2) is 42.5 Å². The summed E-state index contributed by atoms with van der Waals surface area (Å²) in [4.78, 5) is 12.4. The number of aryl methyl sites for hydroxylation is 2. The van der Waals surface area contributed by atoms with Gasteiger partial charge in [0, 0.05) is 18.7 Å². The lowest BCUT2D eigenvalue weighted by molar-refractivity contribution is -0.116. The topological polar surface area (TPSA) is 66.5 Å². The van der Waals surface area contributed by atoms with E-state index in [1.807, 2.05) is 64.1 Å². The summed E-state index contributed by atoms with van der Waals surface area (Å²) in [5, 5.41) is 2.89. The highest BCUT2D eigenvalue weighted by molar-refractivity contribution is 7.92. The van der Waals surface area contributed by atoms with Crippen molar-refractivity contribution in [2.45, 2.75) is 40.0 Å². The first-order valence-corrected chi connectivity index (χ1v) is 10.9. The maximum Gasteiger partial charge on any atom is 0.232 e. The summed E-state index contributed by atoms with van der Waals surface area (Å²) in [6, 6.07) is 13.3. The fourth-order valence-corrected chi connectivity index (χ4v) is 3.90. The van der Waals surface area contributed by atoms with Gasteiger partial charge in [-0.15, -0.1) is 0 Å². The van der Waals surface area contributed by atoms with E-state index in [4.69, 9.17) is 0 Å². The molecule has 146 valence electrons. The van der Waals surface area contributed by atoms with Crippen LogP contribution in [0.5, 0.6) is 0 Å². The second-order valence-electron chi connectivity index (χ2n) is 7.17. The molecular formula is C21H28N2O3S. The Balaban J connectivity index is 2.19. The highest BCUT2D eigenvalue weighted by Gasteiger charge is 2.22. The first-order chi connectivity index (χ1) is 12.6. The van der Waals surface area contributed by atoms with Crippen molar-refractivity contribution in [1.29, 1.82) is 0 Å². The van der Waals surface area contributed by atoms with Gasteiger partial charge in [0.2, 0.25) is 15.9 Å². The van der Waals surface area contributed by atoms with Gasteiger partial charge in [0.25, 0.3) is 0 Å². The average molecular weight is 389 g/mol. The number of hydrogen-bond acceptors (Lipinski definition) is 3. The Bertz CT molecular complexity index is 921. The van der Waals surface area contributed by atoms with Crippen LogP contribution in [0.1, 0.15) is 42.9 Å². The summed E-state index contributed by atoms with van der Waals surface area (Å²) in [6.07, 6.45) is 1.25. The van der Waals surface area contributed by atoms with Crippen LogP contribution in [-0.2, 0) is 14.8 Å². The second-order valence-corrected chi connectivity index (χ2v) is 9.07. The molecule has 1 N–H and O–H groups in total. The Morgan fingerprint density at radius 2 is 1.78 bits per heavy atom. The number of sulfonamides is 1. The molecule has 0 bridgehead atoms. The maximum absolute atomic E-state index is 12.4. The monoisotopic (exact) mass is 388 g/mol. The largest absolute Gasteiger partial charge is 0.326 e. The van der Waals surface area contributed by atoms with Crippen LogP contribution in [0.4, 0.5) is 11.4 Å². The Hall–Kier alpha value is -2.34. The normalized spacial score (nSPS) is 11.5. The number of rotatable bonds is 7. The van der Waals surface area contributed by atoms with Gasteiger partial charge in [0.15, 0.2) is 0 Å². The van der Waals surface area contributed by atoms with E-state index in [2.05, 4.69) is 5.32 Å². The molecule has 0 atom stereocenters. The van der Waals surface area contributed by atoms with Gasteiger partial charge in [-0.05, 0) is 48.6 Å². The smallest absolute Gasteiger partial charge is 0.232 e. The third kappa shape index (κ3) is 5.57. The molecule has 0 saturated carbocycles. The lowest BCUT2D eigenvalue weighted by Gasteiger charge is -2.26. The van der Waals surface area contributed by atoms with Gasteiger partial charge >= 0.3 is 0 Å². The van der Waals surface area contributed by atoms with Crippen LogP contribution < -0.4 is 9.62 Å². The first-order valence-electron chi connectivity index (χ1n) is 9.03. The van der Waals surface area contributed by atoms with E-state index in [0.29, 0.717) is 5.69 Å². The molecule has 0 aliphatic heterocycles. The lowest BCUT2D eigenvalue weighted by Crippen LogP contribution is -2.33. The van der Waals surface area contributed by atoms with Crippen molar-refractivity contribution < 1.29 is 13.2 Å². The molecule has 0 spiro atoms. The molecule has 2 aromatic carbocycles. The minimum absolute atomic E-state index is 0.0763. The van der Waals surface area contributed by atoms with Gasteiger partial charge in [0.1, 0.15) is 0 Å². The number of para-hydroxylation sites is 1.